The summed E-state index contributed by atoms with van der Waals surface area (Å²) in [5.41, 5.74) is 1.87. The van der Waals surface area contributed by atoms with Gasteiger partial charge in [0.15, 0.2) is 10.9 Å². The molecular formula is C21H15N3O5S. The second-order valence-electron chi connectivity index (χ2n) is 6.36. The zero-order valence-electron chi connectivity index (χ0n) is 15.7. The van der Waals surface area contributed by atoms with Crippen molar-refractivity contribution < 1.29 is 18.9 Å². The lowest BCUT2D eigenvalue weighted by Crippen LogP contribution is -2.34. The van der Waals surface area contributed by atoms with Crippen molar-refractivity contribution in [1.29, 1.82) is 0 Å². The van der Waals surface area contributed by atoms with Crippen molar-refractivity contribution >= 4 is 56.6 Å². The van der Waals surface area contributed by atoms with Crippen LogP contribution in [0.15, 0.2) is 65.1 Å². The summed E-state index contributed by atoms with van der Waals surface area (Å²) >= 11 is 5.20. The fourth-order valence-electron chi connectivity index (χ4n) is 3.12. The van der Waals surface area contributed by atoms with Gasteiger partial charge >= 0.3 is 5.69 Å². The van der Waals surface area contributed by atoms with E-state index >= 15 is 0 Å². The van der Waals surface area contributed by atoms with Crippen molar-refractivity contribution in [2.75, 3.05) is 12.4 Å². The predicted molar refractivity (Wildman–Crippen MR) is 117 cm³/mol. The Labute approximate surface area is 175 Å². The Balaban J connectivity index is 1.50. The van der Waals surface area contributed by atoms with Gasteiger partial charge in [0.25, 0.3) is 5.91 Å². The zero-order chi connectivity index (χ0) is 21.3. The number of amides is 1. The number of hydrogen-bond acceptors (Lipinski definition) is 6. The monoisotopic (exact) mass is 421 g/mol. The molecule has 0 aliphatic rings. The summed E-state index contributed by atoms with van der Waals surface area (Å²) in [4.78, 5) is 23.0. The molecule has 8 nitrogen and oxygen atoms in total. The molecule has 30 heavy (non-hydrogen) atoms. The molecule has 1 amide bonds. The lowest BCUT2D eigenvalue weighted by Gasteiger charge is -2.10. The number of para-hydroxylation sites is 1. The molecule has 1 aromatic heterocycles. The third-order valence-electron chi connectivity index (χ3n) is 4.50. The maximum atomic E-state index is 12.4. The summed E-state index contributed by atoms with van der Waals surface area (Å²) in [5, 5.41) is 18.6. The number of nitrogens with one attached hydrogen (secondary N) is 2. The van der Waals surface area contributed by atoms with E-state index in [0.717, 1.165) is 22.4 Å². The third kappa shape index (κ3) is 3.65. The summed E-state index contributed by atoms with van der Waals surface area (Å²) < 4.78 is 10.8. The maximum Gasteiger partial charge on any atom is 0.311 e. The van der Waals surface area contributed by atoms with E-state index in [1.807, 2.05) is 36.4 Å². The molecule has 0 unspecified atom stereocenters. The van der Waals surface area contributed by atoms with Gasteiger partial charge in [-0.05, 0) is 42.5 Å². The minimum atomic E-state index is -0.616. The quantitative estimate of drug-likeness (QED) is 0.281. The van der Waals surface area contributed by atoms with Gasteiger partial charge in [0.05, 0.1) is 12.0 Å². The highest BCUT2D eigenvalue weighted by Crippen LogP contribution is 2.30. The van der Waals surface area contributed by atoms with Crippen molar-refractivity contribution in [3.8, 4) is 5.75 Å². The number of benzene rings is 3. The van der Waals surface area contributed by atoms with Crippen molar-refractivity contribution in [2.24, 2.45) is 0 Å². The number of ether oxygens (including phenoxy) is 1. The molecule has 0 atom stereocenters. The van der Waals surface area contributed by atoms with Gasteiger partial charge in [-0.15, -0.1) is 0 Å². The van der Waals surface area contributed by atoms with Crippen molar-refractivity contribution in [1.82, 2.24) is 5.32 Å². The first-order valence-corrected chi connectivity index (χ1v) is 9.23. The normalized spacial score (nSPS) is 10.7. The van der Waals surface area contributed by atoms with Gasteiger partial charge in [0, 0.05) is 34.2 Å². The molecule has 0 fully saturated rings. The molecule has 0 aliphatic carbocycles. The molecule has 0 saturated heterocycles. The summed E-state index contributed by atoms with van der Waals surface area (Å²) in [6.45, 7) is 0. The molecule has 1 heterocycles. The molecule has 4 rings (SSSR count). The summed E-state index contributed by atoms with van der Waals surface area (Å²) in [6, 6.07) is 17.1. The molecule has 0 radical (unpaired) electrons. The minimum Gasteiger partial charge on any atom is -0.490 e. The number of nitro benzene ring substituents is 1. The van der Waals surface area contributed by atoms with Crippen LogP contribution in [0.25, 0.3) is 21.9 Å². The number of carbonyl (C=O) groups excluding carboxylic acids is 1. The average molecular weight is 421 g/mol. The number of furan rings is 1. The Hall–Kier alpha value is -3.98. The number of fused-ring (bicyclic) bond motifs is 3. The molecule has 0 aliphatic heterocycles. The van der Waals surface area contributed by atoms with E-state index in [4.69, 9.17) is 21.4 Å². The predicted octanol–water partition coefficient (Wildman–Crippen LogP) is 4.63. The molecule has 0 saturated carbocycles. The van der Waals surface area contributed by atoms with Crippen molar-refractivity contribution in [3.63, 3.8) is 0 Å². The van der Waals surface area contributed by atoms with E-state index in [9.17, 15) is 14.9 Å². The van der Waals surface area contributed by atoms with Crippen LogP contribution >= 0.6 is 12.2 Å². The van der Waals surface area contributed by atoms with Gasteiger partial charge in [-0.25, -0.2) is 0 Å². The largest absolute Gasteiger partial charge is 0.490 e. The first-order chi connectivity index (χ1) is 14.5. The van der Waals surface area contributed by atoms with Gasteiger partial charge in [0.2, 0.25) is 0 Å². The Kier molecular flexibility index (Phi) is 5.03. The summed E-state index contributed by atoms with van der Waals surface area (Å²) in [6.07, 6.45) is 0. The van der Waals surface area contributed by atoms with Crippen molar-refractivity contribution in [3.05, 3.63) is 76.3 Å². The average Bonchev–Trinajstić information content (AvgIpc) is 3.10. The maximum absolute atomic E-state index is 12.4. The molecule has 4 aromatic rings. The van der Waals surface area contributed by atoms with Gasteiger partial charge in [-0.1, -0.05) is 18.2 Å². The fourth-order valence-corrected chi connectivity index (χ4v) is 3.33. The molecule has 150 valence electrons. The van der Waals surface area contributed by atoms with Crippen LogP contribution in [0.3, 0.4) is 0 Å². The Morgan fingerprint density at radius 2 is 1.83 bits per heavy atom. The summed E-state index contributed by atoms with van der Waals surface area (Å²) in [5.74, 6) is -0.514. The van der Waals surface area contributed by atoms with Crippen molar-refractivity contribution in [2.45, 2.75) is 0 Å². The fraction of sp³-hybridized carbons (Fsp3) is 0.0476. The highest BCUT2D eigenvalue weighted by Gasteiger charge is 2.19. The smallest absolute Gasteiger partial charge is 0.311 e. The van der Waals surface area contributed by atoms with Gasteiger partial charge < -0.3 is 14.5 Å². The number of nitrogens with zero attached hydrogens (tertiary/aromatic N) is 1. The van der Waals surface area contributed by atoms with Crippen LogP contribution in [-0.4, -0.2) is 23.1 Å². The molecule has 0 spiro atoms. The van der Waals surface area contributed by atoms with E-state index in [-0.39, 0.29) is 22.1 Å². The molecule has 0 bridgehead atoms. The molecular weight excluding hydrogens is 406 g/mol. The number of nitro groups is 1. The standard InChI is InChI=1S/C21H15N3O5S/c1-28-18-9-6-12(10-16(18)24(26)27)20(25)23-21(30)22-13-7-8-15-14-4-2-3-5-17(14)29-19(15)11-13/h2-11H,1H3,(H2,22,23,25,30). The van der Waals surface area contributed by atoms with Crippen LogP contribution in [-0.2, 0) is 0 Å². The Morgan fingerprint density at radius 1 is 1.07 bits per heavy atom. The topological polar surface area (TPSA) is 107 Å². The molecule has 3 aromatic carbocycles. The summed E-state index contributed by atoms with van der Waals surface area (Å²) in [7, 11) is 1.32. The second kappa shape index (κ2) is 7.80. The highest BCUT2D eigenvalue weighted by atomic mass is 32.1. The number of methoxy groups -OCH3 is 1. The van der Waals surface area contributed by atoms with Crippen LogP contribution in [0.2, 0.25) is 0 Å². The lowest BCUT2D eigenvalue weighted by atomic mass is 10.1. The first kappa shape index (κ1) is 19.3. The number of anilines is 1. The molecule has 9 heteroatoms. The highest BCUT2D eigenvalue weighted by molar-refractivity contribution is 7.80. The van der Waals surface area contributed by atoms with Crippen LogP contribution in [0.5, 0.6) is 5.75 Å². The number of thiocarbonyl (C=S) groups is 1. The van der Waals surface area contributed by atoms with E-state index < -0.39 is 10.8 Å². The van der Waals surface area contributed by atoms with E-state index in [1.165, 1.54) is 19.2 Å². The first-order valence-electron chi connectivity index (χ1n) is 8.82. The number of rotatable bonds is 4. The van der Waals surface area contributed by atoms with Gasteiger partial charge in [-0.2, -0.15) is 0 Å². The lowest BCUT2D eigenvalue weighted by molar-refractivity contribution is -0.385. The van der Waals surface area contributed by atoms with Gasteiger partial charge in [-0.3, -0.25) is 20.2 Å². The number of carbonyl (C=O) groups is 1. The van der Waals surface area contributed by atoms with E-state index in [2.05, 4.69) is 10.6 Å². The van der Waals surface area contributed by atoms with E-state index in [0.29, 0.717) is 11.3 Å². The number of hydrogen-bond donors (Lipinski definition) is 2. The SMILES string of the molecule is COc1ccc(C(=O)NC(=S)Nc2ccc3c(c2)oc2ccccc23)cc1[N+](=O)[O-]. The van der Waals surface area contributed by atoms with Gasteiger partial charge in [0.1, 0.15) is 11.2 Å². The van der Waals surface area contributed by atoms with Crippen LogP contribution < -0.4 is 15.4 Å². The molecule has 2 N–H and O–H groups in total. The second-order valence-corrected chi connectivity index (χ2v) is 6.77. The van der Waals surface area contributed by atoms with Crippen LogP contribution in [0.1, 0.15) is 10.4 Å². The zero-order valence-corrected chi connectivity index (χ0v) is 16.5. The Morgan fingerprint density at radius 3 is 2.60 bits per heavy atom. The van der Waals surface area contributed by atoms with Crippen LogP contribution in [0, 0.1) is 10.1 Å². The third-order valence-corrected chi connectivity index (χ3v) is 4.71. The Bertz CT molecular complexity index is 1310. The van der Waals surface area contributed by atoms with E-state index in [1.54, 1.807) is 6.07 Å². The van der Waals surface area contributed by atoms with Crippen LogP contribution in [0.4, 0.5) is 11.4 Å². The minimum absolute atomic E-state index is 0.0499.